The van der Waals surface area contributed by atoms with Crippen molar-refractivity contribution in [3.05, 3.63) is 62.5 Å². The quantitative estimate of drug-likeness (QED) is 0.419. The second-order valence-corrected chi connectivity index (χ2v) is 7.49. The number of carbonyl (C=O) groups excluding carboxylic acids is 1. The van der Waals surface area contributed by atoms with Crippen molar-refractivity contribution in [2.75, 3.05) is 17.3 Å². The van der Waals surface area contributed by atoms with Crippen LogP contribution in [0.5, 0.6) is 0 Å². The van der Waals surface area contributed by atoms with E-state index in [4.69, 9.17) is 0 Å². The van der Waals surface area contributed by atoms with E-state index in [1.54, 1.807) is 6.20 Å². The maximum absolute atomic E-state index is 12.1. The third-order valence-electron chi connectivity index (χ3n) is 5.25. The van der Waals surface area contributed by atoms with Gasteiger partial charge < -0.3 is 29.4 Å². The summed E-state index contributed by atoms with van der Waals surface area (Å²) in [6.45, 7) is 4.38. The topological polar surface area (TPSA) is 58.1 Å². The molecule has 1 radical (unpaired) electrons. The molecule has 0 unspecified atom stereocenters. The van der Waals surface area contributed by atoms with E-state index in [-0.39, 0.29) is 73.0 Å². The molecule has 0 amide bonds. The predicted molar refractivity (Wildman–Crippen MR) is 116 cm³/mol. The van der Waals surface area contributed by atoms with Crippen molar-refractivity contribution in [2.24, 2.45) is 5.92 Å². The molecule has 1 atom stereocenters. The first-order chi connectivity index (χ1) is 13.1. The first kappa shape index (κ1) is 29.2. The zero-order valence-electron chi connectivity index (χ0n) is 18.1. The molecule has 2 aromatic rings. The summed E-state index contributed by atoms with van der Waals surface area (Å²) in [5, 5.41) is 3.30. The molecule has 7 heteroatoms. The van der Waals surface area contributed by atoms with Crippen LogP contribution in [0.3, 0.4) is 0 Å². The first-order valence-electron chi connectivity index (χ1n) is 9.82. The Labute approximate surface area is 221 Å². The van der Waals surface area contributed by atoms with Crippen molar-refractivity contribution < 1.29 is 58.6 Å². The predicted octanol–water partition coefficient (Wildman–Crippen LogP) is 4.71. The molecule has 1 aromatic carbocycles. The maximum atomic E-state index is 12.1. The Morgan fingerprint density at radius 1 is 1.20 bits per heavy atom. The van der Waals surface area contributed by atoms with E-state index in [0.717, 1.165) is 13.0 Å². The molecule has 1 heterocycles. The van der Waals surface area contributed by atoms with Crippen LogP contribution >= 0.6 is 0 Å². The molecule has 0 spiro atoms. The van der Waals surface area contributed by atoms with E-state index in [2.05, 4.69) is 34.3 Å². The van der Waals surface area contributed by atoms with Gasteiger partial charge in [-0.2, -0.15) is 4.98 Å². The molecule has 30 heavy (non-hydrogen) atoms. The number of rotatable bonds is 8. The summed E-state index contributed by atoms with van der Waals surface area (Å²) in [7, 11) is 1.97. The van der Waals surface area contributed by atoms with Crippen LogP contribution in [0.15, 0.2) is 42.6 Å². The Balaban J connectivity index is 0.00000280. The summed E-state index contributed by atoms with van der Waals surface area (Å²) in [5.41, 5.74) is 1.20. The van der Waals surface area contributed by atoms with Gasteiger partial charge in [0, 0.05) is 79.3 Å². The molecule has 161 valence electrons. The number of anilines is 2. The van der Waals surface area contributed by atoms with E-state index in [1.807, 2.05) is 36.2 Å². The van der Waals surface area contributed by atoms with Crippen LogP contribution in [0.2, 0.25) is 0 Å². The molecule has 5 nitrogen and oxygen atoms in total. The van der Waals surface area contributed by atoms with E-state index in [0.29, 0.717) is 17.7 Å². The number of hydrogen-bond donors (Lipinski definition) is 1. The van der Waals surface area contributed by atoms with Crippen molar-refractivity contribution in [1.29, 1.82) is 0 Å². The summed E-state index contributed by atoms with van der Waals surface area (Å²) < 4.78 is 0. The number of carbonyl (C=O) groups is 1. The molecule has 1 aliphatic rings. The van der Waals surface area contributed by atoms with Gasteiger partial charge in [-0.05, 0) is 24.0 Å². The fraction of sp³-hybridized carbons (Fsp3) is 0.435. The third kappa shape index (κ3) is 9.16. The second kappa shape index (κ2) is 15.1. The number of nitrogens with one attached hydrogen (secondary N) is 1. The largest absolute Gasteiger partial charge is 0.363 e. The van der Waals surface area contributed by atoms with Crippen molar-refractivity contribution in [3.8, 4) is 0 Å². The smallest absolute Gasteiger partial charge is 0.227 e. The fourth-order valence-electron chi connectivity index (χ4n) is 3.75. The van der Waals surface area contributed by atoms with Gasteiger partial charge in [-0.1, -0.05) is 62.4 Å². The normalized spacial score (nSPS) is 14.3. The molecule has 1 fully saturated rings. The second-order valence-electron chi connectivity index (χ2n) is 7.49. The summed E-state index contributed by atoms with van der Waals surface area (Å²) in [6, 6.07) is 11.8. The first-order valence-corrected chi connectivity index (χ1v) is 9.82. The summed E-state index contributed by atoms with van der Waals surface area (Å²) in [6.07, 6.45) is 8.84. The molecule has 1 N–H and O–H groups in total. The Hall–Kier alpha value is -0.768. The van der Waals surface area contributed by atoms with Gasteiger partial charge in [-0.25, -0.2) is 4.98 Å². The molecular formula is C23H32N4OWY-2. The Kier molecular flexibility index (Phi) is 14.7. The third-order valence-corrected chi connectivity index (χ3v) is 5.25. The maximum Gasteiger partial charge on any atom is 0.227 e. The number of ketones is 1. The molecule has 1 aliphatic carbocycles. The minimum atomic E-state index is -0.282. The zero-order chi connectivity index (χ0) is 19.1. The number of benzene rings is 1. The summed E-state index contributed by atoms with van der Waals surface area (Å²) in [5.74, 6) is 1.84. The molecule has 3 rings (SSSR count). The van der Waals surface area contributed by atoms with Crippen LogP contribution < -0.4 is 10.2 Å². The van der Waals surface area contributed by atoms with Crippen molar-refractivity contribution in [3.63, 3.8) is 0 Å². The van der Waals surface area contributed by atoms with Gasteiger partial charge in [0.25, 0.3) is 0 Å². The molecule has 0 bridgehead atoms. The number of hydrogen-bond acceptors (Lipinski definition) is 5. The van der Waals surface area contributed by atoms with Gasteiger partial charge >= 0.3 is 0 Å². The average molecular weight is 653 g/mol. The minimum Gasteiger partial charge on any atom is -0.363 e. The fourth-order valence-corrected chi connectivity index (χ4v) is 3.75. The molecule has 0 aliphatic heterocycles. The van der Waals surface area contributed by atoms with Crippen LogP contribution in [-0.2, 0) is 65.1 Å². The van der Waals surface area contributed by atoms with Gasteiger partial charge in [0.1, 0.15) is 5.82 Å². The van der Waals surface area contributed by atoms with Gasteiger partial charge in [-0.15, -0.1) is 0 Å². The van der Waals surface area contributed by atoms with E-state index in [9.17, 15) is 4.79 Å². The Morgan fingerprint density at radius 3 is 2.50 bits per heavy atom. The van der Waals surface area contributed by atoms with Crippen molar-refractivity contribution in [1.82, 2.24) is 9.97 Å². The molecular weight excluding hydrogens is 621 g/mol. The Bertz CT molecular complexity index is 741. The zero-order valence-corrected chi connectivity index (χ0v) is 23.9. The van der Waals surface area contributed by atoms with Crippen molar-refractivity contribution in [2.45, 2.75) is 51.1 Å². The number of nitrogens with zero attached hydrogens (tertiary/aromatic N) is 3. The molecule has 0 saturated heterocycles. The minimum absolute atomic E-state index is 0. The number of Topliss-reactive ketones (excluding diaryl/α,β-unsaturated/α-hetero) is 1. The van der Waals surface area contributed by atoms with Gasteiger partial charge in [0.2, 0.25) is 5.95 Å². The SMILES string of the molecule is [CH2-]C(=O)[C@H](CC1CCCCC1)Nc1ccnc(N(C)Cc2ccccc2)n1.[CH3-].[W].[Y]. The van der Waals surface area contributed by atoms with E-state index < -0.39 is 0 Å². The van der Waals surface area contributed by atoms with Crippen LogP contribution in [0.4, 0.5) is 11.8 Å². The summed E-state index contributed by atoms with van der Waals surface area (Å²) in [4.78, 5) is 23.0. The average Bonchev–Trinajstić information content (AvgIpc) is 2.69. The molecule has 1 saturated carbocycles. The van der Waals surface area contributed by atoms with Gasteiger partial charge in [0.05, 0.1) is 6.04 Å². The van der Waals surface area contributed by atoms with Gasteiger partial charge in [0.15, 0.2) is 0 Å². The standard InChI is InChI=1S/C22H29N4O.CH3.W.Y/c1-17(27)20(15-18-9-5-3-6-10-18)24-21-13-14-23-22(25-21)26(2)16-19-11-7-4-8-12-19;;;/h4,7-8,11-14,18,20H,1,3,5-6,9-10,15-16H2,2H3,(H,23,24,25);1H3;;/q2*-1;;/t20-;;;/m0.../s1. The van der Waals surface area contributed by atoms with Crippen LogP contribution in [0, 0.1) is 20.3 Å². The van der Waals surface area contributed by atoms with Gasteiger partial charge in [-0.3, -0.25) is 0 Å². The molecule has 1 aromatic heterocycles. The summed E-state index contributed by atoms with van der Waals surface area (Å²) >= 11 is 0. The number of aromatic nitrogens is 2. The van der Waals surface area contributed by atoms with Crippen LogP contribution in [0.1, 0.15) is 44.1 Å². The van der Waals surface area contributed by atoms with E-state index in [1.165, 1.54) is 37.7 Å². The monoisotopic (exact) mass is 653 g/mol. The van der Waals surface area contributed by atoms with Crippen LogP contribution in [0.25, 0.3) is 0 Å². The van der Waals surface area contributed by atoms with Crippen molar-refractivity contribution >= 4 is 17.5 Å². The Morgan fingerprint density at radius 2 is 1.87 bits per heavy atom. The van der Waals surface area contributed by atoms with Crippen LogP contribution in [-0.4, -0.2) is 28.8 Å². The van der Waals surface area contributed by atoms with E-state index >= 15 is 0 Å².